The second-order valence-electron chi connectivity index (χ2n) is 8.11. The van der Waals surface area contributed by atoms with Gasteiger partial charge in [0, 0.05) is 25.0 Å². The summed E-state index contributed by atoms with van der Waals surface area (Å²) in [5, 5.41) is 7.89. The van der Waals surface area contributed by atoms with Crippen molar-refractivity contribution < 1.29 is 24.2 Å². The Balaban J connectivity index is 0.000000450. The van der Waals surface area contributed by atoms with Crippen LogP contribution in [0.3, 0.4) is 0 Å². The highest BCUT2D eigenvalue weighted by Crippen LogP contribution is 2.69. The predicted octanol–water partition coefficient (Wildman–Crippen LogP) is 4.06. The number of carbonyl (C=O) groups is 2. The lowest BCUT2D eigenvalue weighted by atomic mass is 9.65. The number of hydrogen-bond acceptors (Lipinski definition) is 4. The van der Waals surface area contributed by atoms with E-state index in [4.69, 9.17) is 14.6 Å². The summed E-state index contributed by atoms with van der Waals surface area (Å²) in [6.45, 7) is 16.5. The first-order valence-electron chi connectivity index (χ1n) is 9.11. The van der Waals surface area contributed by atoms with Crippen LogP contribution in [0.2, 0.25) is 0 Å². The van der Waals surface area contributed by atoms with E-state index in [0.717, 1.165) is 5.92 Å². The minimum absolute atomic E-state index is 0.0768. The maximum atomic E-state index is 11.4. The van der Waals surface area contributed by atoms with Gasteiger partial charge in [0.15, 0.2) is 0 Å². The van der Waals surface area contributed by atoms with Crippen molar-refractivity contribution in [3.63, 3.8) is 0 Å². The molecule has 2 bridgehead atoms. The summed E-state index contributed by atoms with van der Waals surface area (Å²) in [6, 6.07) is 0. The van der Waals surface area contributed by atoms with Crippen molar-refractivity contribution in [3.05, 3.63) is 12.2 Å². The lowest BCUT2D eigenvalue weighted by molar-refractivity contribution is -0.157. The van der Waals surface area contributed by atoms with E-state index in [1.165, 1.54) is 33.1 Å². The van der Waals surface area contributed by atoms with Crippen molar-refractivity contribution in [1.29, 1.82) is 0 Å². The molecule has 25 heavy (non-hydrogen) atoms. The summed E-state index contributed by atoms with van der Waals surface area (Å²) in [7, 11) is 0. The number of carboxylic acid groups (broad SMARTS) is 1. The first-order chi connectivity index (χ1) is 11.5. The molecule has 0 amide bonds. The molecule has 2 fully saturated rings. The van der Waals surface area contributed by atoms with Crippen LogP contribution in [-0.2, 0) is 19.1 Å². The highest BCUT2D eigenvalue weighted by Gasteiger charge is 2.63. The zero-order valence-electron chi connectivity index (χ0n) is 16.6. The van der Waals surface area contributed by atoms with Crippen LogP contribution in [0.25, 0.3) is 0 Å². The molecule has 144 valence electrons. The van der Waals surface area contributed by atoms with E-state index in [9.17, 15) is 9.59 Å². The fourth-order valence-corrected chi connectivity index (χ4v) is 4.51. The Morgan fingerprint density at radius 2 is 1.84 bits per heavy atom. The van der Waals surface area contributed by atoms with Gasteiger partial charge >= 0.3 is 11.9 Å². The van der Waals surface area contributed by atoms with E-state index >= 15 is 0 Å². The minimum Gasteiger partial charge on any atom is -0.478 e. The van der Waals surface area contributed by atoms with Gasteiger partial charge in [0.05, 0.1) is 6.61 Å². The normalized spacial score (nSPS) is 30.2. The molecule has 2 aliphatic carbocycles. The molecule has 0 heterocycles. The average molecular weight is 354 g/mol. The predicted molar refractivity (Wildman–Crippen MR) is 97.2 cm³/mol. The summed E-state index contributed by atoms with van der Waals surface area (Å²) < 4.78 is 11.1. The van der Waals surface area contributed by atoms with Gasteiger partial charge in [-0.15, -0.1) is 0 Å². The van der Waals surface area contributed by atoms with Crippen LogP contribution in [0.15, 0.2) is 12.2 Å². The van der Waals surface area contributed by atoms with Crippen molar-refractivity contribution in [1.82, 2.24) is 0 Å². The Kier molecular flexibility index (Phi) is 7.24. The SMILES string of the molecule is C=C(C)C(=O)O.CCOCC(OC(C)=O)C1CC2CCC1(C)C2(C)C. The molecule has 4 unspecified atom stereocenters. The van der Waals surface area contributed by atoms with Gasteiger partial charge in [-0.05, 0) is 49.9 Å². The van der Waals surface area contributed by atoms with Crippen LogP contribution in [0, 0.1) is 22.7 Å². The molecule has 0 aliphatic heterocycles. The van der Waals surface area contributed by atoms with E-state index in [2.05, 4.69) is 27.4 Å². The Morgan fingerprint density at radius 1 is 1.28 bits per heavy atom. The summed E-state index contributed by atoms with van der Waals surface area (Å²) in [5.74, 6) is 0.0859. The lowest BCUT2D eigenvalue weighted by Gasteiger charge is -2.42. The number of rotatable bonds is 6. The molecular weight excluding hydrogens is 320 g/mol. The van der Waals surface area contributed by atoms with Crippen LogP contribution < -0.4 is 0 Å². The summed E-state index contributed by atoms with van der Waals surface area (Å²) in [6.07, 6.45) is 3.67. The van der Waals surface area contributed by atoms with E-state index in [0.29, 0.717) is 24.5 Å². The van der Waals surface area contributed by atoms with Crippen molar-refractivity contribution in [3.8, 4) is 0 Å². The molecule has 1 N–H and O–H groups in total. The molecule has 4 atom stereocenters. The third-order valence-electron chi connectivity index (χ3n) is 6.48. The van der Waals surface area contributed by atoms with Crippen molar-refractivity contribution >= 4 is 11.9 Å². The Morgan fingerprint density at radius 3 is 2.16 bits per heavy atom. The van der Waals surface area contributed by atoms with Crippen LogP contribution in [0.4, 0.5) is 0 Å². The average Bonchev–Trinajstić information content (AvgIpc) is 2.84. The maximum absolute atomic E-state index is 11.4. The van der Waals surface area contributed by atoms with Crippen LogP contribution in [0.1, 0.15) is 60.8 Å². The Labute approximate surface area is 151 Å². The highest BCUT2D eigenvalue weighted by molar-refractivity contribution is 5.84. The quantitative estimate of drug-likeness (QED) is 0.575. The van der Waals surface area contributed by atoms with Crippen LogP contribution in [-0.4, -0.2) is 36.4 Å². The Hall–Kier alpha value is -1.36. The van der Waals surface area contributed by atoms with Gasteiger partial charge in [0.25, 0.3) is 0 Å². The Bertz CT molecular complexity index is 498. The molecule has 2 aliphatic rings. The fraction of sp³-hybridized carbons (Fsp3) is 0.800. The smallest absolute Gasteiger partial charge is 0.330 e. The molecule has 0 saturated heterocycles. The molecule has 2 rings (SSSR count). The lowest BCUT2D eigenvalue weighted by Crippen LogP contribution is -2.42. The molecule has 5 heteroatoms. The maximum Gasteiger partial charge on any atom is 0.330 e. The second kappa shape index (κ2) is 8.35. The van der Waals surface area contributed by atoms with Crippen molar-refractivity contribution in [2.24, 2.45) is 22.7 Å². The molecule has 0 spiro atoms. The third-order valence-corrected chi connectivity index (χ3v) is 6.48. The number of ether oxygens (including phenoxy) is 2. The van der Waals surface area contributed by atoms with Gasteiger partial charge in [0.2, 0.25) is 0 Å². The number of carboxylic acids is 1. The minimum atomic E-state index is -0.935. The number of carbonyl (C=O) groups excluding carboxylic acids is 1. The number of esters is 1. The van der Waals surface area contributed by atoms with Crippen molar-refractivity contribution in [2.75, 3.05) is 13.2 Å². The first-order valence-corrected chi connectivity index (χ1v) is 9.11. The molecule has 0 aromatic carbocycles. The summed E-state index contributed by atoms with van der Waals surface area (Å²) in [4.78, 5) is 21.0. The third kappa shape index (κ3) is 4.63. The highest BCUT2D eigenvalue weighted by atomic mass is 16.6. The van der Waals surface area contributed by atoms with Crippen LogP contribution >= 0.6 is 0 Å². The summed E-state index contributed by atoms with van der Waals surface area (Å²) >= 11 is 0. The van der Waals surface area contributed by atoms with Gasteiger partial charge in [-0.1, -0.05) is 27.4 Å². The zero-order chi connectivity index (χ0) is 19.4. The molecule has 0 aromatic heterocycles. The van der Waals surface area contributed by atoms with Gasteiger partial charge < -0.3 is 14.6 Å². The second-order valence-corrected chi connectivity index (χ2v) is 8.11. The van der Waals surface area contributed by atoms with Gasteiger partial charge in [-0.25, -0.2) is 4.79 Å². The van der Waals surface area contributed by atoms with Gasteiger partial charge in [-0.2, -0.15) is 0 Å². The standard InChI is InChI=1S/C16H28O3.C4H6O2/c1-6-18-10-14(19-11(2)17)13-9-12-7-8-16(13,5)15(12,3)4;1-3(2)4(5)6/h12-14H,6-10H2,1-5H3;1H2,2H3,(H,5,6). The van der Waals surface area contributed by atoms with Crippen molar-refractivity contribution in [2.45, 2.75) is 66.9 Å². The number of aliphatic carboxylic acids is 1. The molecule has 0 aromatic rings. The molecular formula is C20H34O5. The summed E-state index contributed by atoms with van der Waals surface area (Å²) in [5.41, 5.74) is 0.798. The van der Waals surface area contributed by atoms with E-state index in [-0.39, 0.29) is 23.1 Å². The van der Waals surface area contributed by atoms with Crippen LogP contribution in [0.5, 0.6) is 0 Å². The molecule has 0 radical (unpaired) electrons. The zero-order valence-corrected chi connectivity index (χ0v) is 16.6. The first kappa shape index (κ1) is 21.7. The number of hydrogen-bond donors (Lipinski definition) is 1. The van der Waals surface area contributed by atoms with E-state index in [1.807, 2.05) is 6.92 Å². The van der Waals surface area contributed by atoms with E-state index in [1.54, 1.807) is 0 Å². The van der Waals surface area contributed by atoms with Gasteiger partial charge in [-0.3, -0.25) is 4.79 Å². The van der Waals surface area contributed by atoms with Gasteiger partial charge in [0.1, 0.15) is 6.10 Å². The monoisotopic (exact) mass is 354 g/mol. The molecule has 5 nitrogen and oxygen atoms in total. The van der Waals surface area contributed by atoms with E-state index < -0.39 is 5.97 Å². The largest absolute Gasteiger partial charge is 0.478 e. The fourth-order valence-electron chi connectivity index (χ4n) is 4.51. The number of fused-ring (bicyclic) bond motifs is 2. The topological polar surface area (TPSA) is 72.8 Å². The molecule has 2 saturated carbocycles.